The normalized spacial score (nSPS) is 19.7. The predicted octanol–water partition coefficient (Wildman–Crippen LogP) is 1.99. The molecular formula is C19H26N6O. The first-order chi connectivity index (χ1) is 12.7. The Morgan fingerprint density at radius 1 is 1.15 bits per heavy atom. The van der Waals surface area contributed by atoms with Gasteiger partial charge in [-0.15, -0.1) is 0 Å². The van der Waals surface area contributed by atoms with Crippen LogP contribution in [0.1, 0.15) is 65.2 Å². The third-order valence-electron chi connectivity index (χ3n) is 5.59. The van der Waals surface area contributed by atoms with Gasteiger partial charge in [-0.3, -0.25) is 9.89 Å². The lowest BCUT2D eigenvalue weighted by molar-refractivity contribution is 0.0705. The van der Waals surface area contributed by atoms with Gasteiger partial charge in [0.15, 0.2) is 0 Å². The number of H-pyrrole nitrogens is 1. The third-order valence-corrected chi connectivity index (χ3v) is 5.59. The molecular weight excluding hydrogens is 328 g/mol. The van der Waals surface area contributed by atoms with Crippen molar-refractivity contribution < 1.29 is 4.79 Å². The van der Waals surface area contributed by atoms with Crippen LogP contribution in [-0.4, -0.2) is 57.2 Å². The summed E-state index contributed by atoms with van der Waals surface area (Å²) >= 11 is 0. The Balaban J connectivity index is 1.36. The molecule has 2 N–H and O–H groups in total. The van der Waals surface area contributed by atoms with Gasteiger partial charge >= 0.3 is 0 Å². The quantitative estimate of drug-likeness (QED) is 0.880. The van der Waals surface area contributed by atoms with Crippen molar-refractivity contribution in [2.75, 3.05) is 26.2 Å². The number of aromatic nitrogens is 4. The van der Waals surface area contributed by atoms with E-state index in [1.54, 1.807) is 19.2 Å². The number of nitrogens with zero attached hydrogens (tertiary/aromatic N) is 4. The van der Waals surface area contributed by atoms with E-state index in [-0.39, 0.29) is 5.91 Å². The highest BCUT2D eigenvalue weighted by atomic mass is 16.2. The van der Waals surface area contributed by atoms with E-state index in [4.69, 9.17) is 0 Å². The maximum absolute atomic E-state index is 12.6. The monoisotopic (exact) mass is 354 g/mol. The number of aryl methyl sites for hydroxylation is 1. The number of carbonyl (C=O) groups excluding carboxylic acids is 1. The molecule has 2 aliphatic rings. The molecule has 0 radical (unpaired) electrons. The number of hydrogen-bond donors (Lipinski definition) is 2. The Morgan fingerprint density at radius 2 is 1.92 bits per heavy atom. The van der Waals surface area contributed by atoms with Gasteiger partial charge in [0.1, 0.15) is 11.5 Å². The lowest BCUT2D eigenvalue weighted by Crippen LogP contribution is -2.38. The fourth-order valence-electron chi connectivity index (χ4n) is 4.02. The van der Waals surface area contributed by atoms with Crippen LogP contribution in [-0.2, 0) is 0 Å². The Labute approximate surface area is 153 Å². The Hall–Kier alpha value is -2.28. The van der Waals surface area contributed by atoms with Gasteiger partial charge in [0.25, 0.3) is 5.91 Å². The summed E-state index contributed by atoms with van der Waals surface area (Å²) in [7, 11) is 0. The number of piperidine rings is 2. The lowest BCUT2D eigenvalue weighted by atomic mass is 9.90. The molecule has 4 rings (SSSR count). The first-order valence-corrected chi connectivity index (χ1v) is 9.55. The van der Waals surface area contributed by atoms with Gasteiger partial charge in [0.05, 0.1) is 5.69 Å². The van der Waals surface area contributed by atoms with Gasteiger partial charge in [-0.05, 0) is 57.8 Å². The van der Waals surface area contributed by atoms with Crippen LogP contribution in [0.2, 0.25) is 0 Å². The first-order valence-electron chi connectivity index (χ1n) is 9.55. The third kappa shape index (κ3) is 3.62. The molecule has 0 aliphatic carbocycles. The molecule has 0 saturated carbocycles. The number of hydrogen-bond acceptors (Lipinski definition) is 5. The van der Waals surface area contributed by atoms with Gasteiger partial charge < -0.3 is 10.2 Å². The highest BCUT2D eigenvalue weighted by Crippen LogP contribution is 2.30. The van der Waals surface area contributed by atoms with E-state index in [2.05, 4.69) is 31.5 Å². The van der Waals surface area contributed by atoms with E-state index in [0.29, 0.717) is 23.4 Å². The Morgan fingerprint density at radius 3 is 2.65 bits per heavy atom. The second kappa shape index (κ2) is 7.53. The van der Waals surface area contributed by atoms with Gasteiger partial charge in [0.2, 0.25) is 0 Å². The molecule has 2 aliphatic heterocycles. The smallest absolute Gasteiger partial charge is 0.272 e. The summed E-state index contributed by atoms with van der Waals surface area (Å²) in [6, 6.07) is 3.95. The molecule has 2 aromatic heterocycles. The molecule has 26 heavy (non-hydrogen) atoms. The van der Waals surface area contributed by atoms with E-state index in [0.717, 1.165) is 51.9 Å². The minimum absolute atomic E-state index is 0.00829. The molecule has 4 heterocycles. The standard InChI is InChI=1S/C19H26N6O/c1-13-21-9-4-16(22-13)19(26)25-10-5-15(6-11-25)18-12-17(23-24-18)14-2-7-20-8-3-14/h4,9,12,14-15,20H,2-3,5-8,10-11H2,1H3,(H,23,24). The van der Waals surface area contributed by atoms with Gasteiger partial charge in [-0.25, -0.2) is 9.97 Å². The van der Waals surface area contributed by atoms with Crippen LogP contribution in [0.15, 0.2) is 18.3 Å². The van der Waals surface area contributed by atoms with Crippen molar-refractivity contribution >= 4 is 5.91 Å². The van der Waals surface area contributed by atoms with Crippen LogP contribution in [0, 0.1) is 6.92 Å². The zero-order chi connectivity index (χ0) is 17.9. The number of nitrogens with one attached hydrogen (secondary N) is 2. The minimum Gasteiger partial charge on any atom is -0.337 e. The molecule has 0 atom stereocenters. The minimum atomic E-state index is 0.00829. The van der Waals surface area contributed by atoms with Crippen molar-refractivity contribution in [3.63, 3.8) is 0 Å². The molecule has 1 amide bonds. The molecule has 0 spiro atoms. The van der Waals surface area contributed by atoms with Crippen molar-refractivity contribution in [1.82, 2.24) is 30.4 Å². The zero-order valence-electron chi connectivity index (χ0n) is 15.2. The second-order valence-corrected chi connectivity index (χ2v) is 7.33. The van der Waals surface area contributed by atoms with Crippen molar-refractivity contribution in [1.29, 1.82) is 0 Å². The van der Waals surface area contributed by atoms with Crippen molar-refractivity contribution in [2.45, 2.75) is 44.4 Å². The lowest BCUT2D eigenvalue weighted by Gasteiger charge is -2.31. The Kier molecular flexibility index (Phi) is 4.97. The van der Waals surface area contributed by atoms with Crippen molar-refractivity contribution in [3.05, 3.63) is 41.2 Å². The maximum Gasteiger partial charge on any atom is 0.272 e. The summed E-state index contributed by atoms with van der Waals surface area (Å²) in [6.07, 6.45) is 5.90. The first kappa shape index (κ1) is 17.1. The molecule has 138 valence electrons. The van der Waals surface area contributed by atoms with Crippen LogP contribution < -0.4 is 5.32 Å². The SMILES string of the molecule is Cc1nccc(C(=O)N2CCC(c3cc(C4CCNCC4)n[nH]3)CC2)n1. The van der Waals surface area contributed by atoms with E-state index in [1.165, 1.54) is 11.4 Å². The van der Waals surface area contributed by atoms with Gasteiger partial charge in [0, 0.05) is 36.8 Å². The fraction of sp³-hybridized carbons (Fsp3) is 0.579. The van der Waals surface area contributed by atoms with E-state index < -0.39 is 0 Å². The van der Waals surface area contributed by atoms with Crippen LogP contribution in [0.25, 0.3) is 0 Å². The summed E-state index contributed by atoms with van der Waals surface area (Å²) in [5.74, 6) is 1.67. The molecule has 2 aromatic rings. The number of aromatic amines is 1. The largest absolute Gasteiger partial charge is 0.337 e. The maximum atomic E-state index is 12.6. The van der Waals surface area contributed by atoms with E-state index in [1.807, 2.05) is 4.90 Å². The number of amides is 1. The highest BCUT2D eigenvalue weighted by molar-refractivity contribution is 5.92. The number of carbonyl (C=O) groups is 1. The summed E-state index contributed by atoms with van der Waals surface area (Å²) in [5, 5.41) is 11.2. The Bertz CT molecular complexity index is 759. The van der Waals surface area contributed by atoms with E-state index in [9.17, 15) is 4.79 Å². The summed E-state index contributed by atoms with van der Waals surface area (Å²) in [4.78, 5) is 22.8. The van der Waals surface area contributed by atoms with Gasteiger partial charge in [-0.2, -0.15) is 5.10 Å². The van der Waals surface area contributed by atoms with Crippen LogP contribution in [0.4, 0.5) is 0 Å². The summed E-state index contributed by atoms with van der Waals surface area (Å²) in [6.45, 7) is 5.48. The van der Waals surface area contributed by atoms with Crippen molar-refractivity contribution in [3.8, 4) is 0 Å². The molecule has 7 heteroatoms. The number of rotatable bonds is 3. The second-order valence-electron chi connectivity index (χ2n) is 7.33. The van der Waals surface area contributed by atoms with Crippen LogP contribution in [0.5, 0.6) is 0 Å². The van der Waals surface area contributed by atoms with Gasteiger partial charge in [-0.1, -0.05) is 0 Å². The fourth-order valence-corrected chi connectivity index (χ4v) is 4.02. The highest BCUT2D eigenvalue weighted by Gasteiger charge is 2.27. The summed E-state index contributed by atoms with van der Waals surface area (Å²) in [5.41, 5.74) is 2.92. The molecule has 7 nitrogen and oxygen atoms in total. The average molecular weight is 354 g/mol. The molecule has 0 unspecified atom stereocenters. The molecule has 0 aromatic carbocycles. The zero-order valence-corrected chi connectivity index (χ0v) is 15.2. The predicted molar refractivity (Wildman–Crippen MR) is 98.1 cm³/mol. The van der Waals surface area contributed by atoms with Crippen LogP contribution >= 0.6 is 0 Å². The summed E-state index contributed by atoms with van der Waals surface area (Å²) < 4.78 is 0. The van der Waals surface area contributed by atoms with Crippen LogP contribution in [0.3, 0.4) is 0 Å². The number of likely N-dealkylation sites (tertiary alicyclic amines) is 1. The molecule has 2 fully saturated rings. The van der Waals surface area contributed by atoms with Crippen molar-refractivity contribution in [2.24, 2.45) is 0 Å². The average Bonchev–Trinajstić information content (AvgIpc) is 3.18. The molecule has 2 saturated heterocycles. The molecule has 0 bridgehead atoms. The van der Waals surface area contributed by atoms with E-state index >= 15 is 0 Å². The topological polar surface area (TPSA) is 86.8 Å².